The van der Waals surface area contributed by atoms with E-state index in [1.807, 2.05) is 26.0 Å². The van der Waals surface area contributed by atoms with Gasteiger partial charge in [0.25, 0.3) is 0 Å². The molecule has 4 heteroatoms. The van der Waals surface area contributed by atoms with Crippen molar-refractivity contribution >= 4 is 21.9 Å². The summed E-state index contributed by atoms with van der Waals surface area (Å²) in [6.07, 6.45) is 0. The molecular weight excluding hydrogens is 311 g/mol. The summed E-state index contributed by atoms with van der Waals surface area (Å²) >= 11 is 3.38. The second kappa shape index (κ2) is 5.53. The van der Waals surface area contributed by atoms with Crippen LogP contribution in [0.3, 0.4) is 0 Å². The van der Waals surface area contributed by atoms with Crippen molar-refractivity contribution in [3.63, 3.8) is 0 Å². The van der Waals surface area contributed by atoms with E-state index in [4.69, 9.17) is 4.74 Å². The van der Waals surface area contributed by atoms with Crippen LogP contribution in [0.15, 0.2) is 40.9 Å². The lowest BCUT2D eigenvalue weighted by Crippen LogP contribution is -2.10. The van der Waals surface area contributed by atoms with E-state index in [9.17, 15) is 9.18 Å². The third-order valence-electron chi connectivity index (χ3n) is 2.70. The van der Waals surface area contributed by atoms with Gasteiger partial charge in [0.1, 0.15) is 11.6 Å². The van der Waals surface area contributed by atoms with Crippen molar-refractivity contribution < 1.29 is 13.9 Å². The maximum atomic E-state index is 12.8. The molecule has 2 nitrogen and oxygen atoms in total. The van der Waals surface area contributed by atoms with Gasteiger partial charge >= 0.3 is 5.97 Å². The smallest absolute Gasteiger partial charge is 0.343 e. The predicted molar refractivity (Wildman–Crippen MR) is 75.0 cm³/mol. The predicted octanol–water partition coefficient (Wildman–Crippen LogP) is 4.42. The first-order chi connectivity index (χ1) is 8.97. The molecule has 2 rings (SSSR count). The molecular formula is C15H12BrFO2. The summed E-state index contributed by atoms with van der Waals surface area (Å²) in [5.41, 5.74) is 2.05. The van der Waals surface area contributed by atoms with Gasteiger partial charge in [0.15, 0.2) is 0 Å². The topological polar surface area (TPSA) is 26.3 Å². The molecule has 0 heterocycles. The number of carbonyl (C=O) groups is 1. The Kier molecular flexibility index (Phi) is 4.00. The molecule has 0 amide bonds. The van der Waals surface area contributed by atoms with E-state index < -0.39 is 5.97 Å². The molecule has 0 spiro atoms. The minimum absolute atomic E-state index is 0.322. The molecule has 0 aliphatic rings. The van der Waals surface area contributed by atoms with Crippen molar-refractivity contribution in [1.29, 1.82) is 0 Å². The molecule has 0 saturated heterocycles. The van der Waals surface area contributed by atoms with Gasteiger partial charge in [0.05, 0.1) is 5.56 Å². The van der Waals surface area contributed by atoms with Gasteiger partial charge in [-0.15, -0.1) is 0 Å². The van der Waals surface area contributed by atoms with Crippen LogP contribution >= 0.6 is 15.9 Å². The van der Waals surface area contributed by atoms with E-state index >= 15 is 0 Å². The van der Waals surface area contributed by atoms with E-state index in [1.165, 1.54) is 24.3 Å². The fourth-order valence-electron chi connectivity index (χ4n) is 1.80. The van der Waals surface area contributed by atoms with Crippen LogP contribution in [-0.2, 0) is 0 Å². The van der Waals surface area contributed by atoms with Gasteiger partial charge in [-0.2, -0.15) is 0 Å². The second-order valence-corrected chi connectivity index (χ2v) is 5.18. The first-order valence-corrected chi connectivity index (χ1v) is 6.51. The Bertz CT molecular complexity index is 598. The fraction of sp³-hybridized carbons (Fsp3) is 0.133. The Labute approximate surface area is 119 Å². The first-order valence-electron chi connectivity index (χ1n) is 5.72. The van der Waals surface area contributed by atoms with Crippen molar-refractivity contribution in [3.05, 3.63) is 63.4 Å². The van der Waals surface area contributed by atoms with E-state index in [0.717, 1.165) is 15.6 Å². The fourth-order valence-corrected chi connectivity index (χ4v) is 2.48. The standard InChI is InChI=1S/C15H12BrFO2/c1-9-7-12(16)8-10(2)14(9)19-15(18)11-3-5-13(17)6-4-11/h3-8H,1-2H3. The molecule has 0 radical (unpaired) electrons. The summed E-state index contributed by atoms with van der Waals surface area (Å²) < 4.78 is 19.1. The molecule has 0 fully saturated rings. The summed E-state index contributed by atoms with van der Waals surface area (Å²) in [6.45, 7) is 3.73. The van der Waals surface area contributed by atoms with E-state index in [2.05, 4.69) is 15.9 Å². The number of hydrogen-bond donors (Lipinski definition) is 0. The Balaban J connectivity index is 2.26. The van der Waals surface area contributed by atoms with Crippen LogP contribution in [0.5, 0.6) is 5.75 Å². The number of carbonyl (C=O) groups excluding carboxylic acids is 1. The highest BCUT2D eigenvalue weighted by atomic mass is 79.9. The van der Waals surface area contributed by atoms with Crippen molar-refractivity contribution in [2.45, 2.75) is 13.8 Å². The van der Waals surface area contributed by atoms with Crippen LogP contribution in [0.2, 0.25) is 0 Å². The van der Waals surface area contributed by atoms with Gasteiger partial charge in [-0.05, 0) is 61.4 Å². The minimum Gasteiger partial charge on any atom is -0.422 e. The lowest BCUT2D eigenvalue weighted by atomic mass is 10.1. The van der Waals surface area contributed by atoms with Gasteiger partial charge in [-0.3, -0.25) is 0 Å². The van der Waals surface area contributed by atoms with Crippen molar-refractivity contribution in [2.24, 2.45) is 0 Å². The lowest BCUT2D eigenvalue weighted by Gasteiger charge is -2.11. The SMILES string of the molecule is Cc1cc(Br)cc(C)c1OC(=O)c1ccc(F)cc1. The molecule has 0 aliphatic heterocycles. The summed E-state index contributed by atoms with van der Waals surface area (Å²) in [7, 11) is 0. The van der Waals surface area contributed by atoms with E-state index in [-0.39, 0.29) is 5.82 Å². The number of hydrogen-bond acceptors (Lipinski definition) is 2. The normalized spacial score (nSPS) is 10.3. The van der Waals surface area contributed by atoms with Crippen LogP contribution in [-0.4, -0.2) is 5.97 Å². The van der Waals surface area contributed by atoms with Crippen LogP contribution in [0.1, 0.15) is 21.5 Å². The molecule has 0 unspecified atom stereocenters. The van der Waals surface area contributed by atoms with Gasteiger partial charge in [0.2, 0.25) is 0 Å². The Morgan fingerprint density at radius 2 is 1.63 bits per heavy atom. The number of ether oxygens (including phenoxy) is 1. The van der Waals surface area contributed by atoms with Gasteiger partial charge in [-0.25, -0.2) is 9.18 Å². The zero-order chi connectivity index (χ0) is 14.0. The molecule has 0 saturated carbocycles. The van der Waals surface area contributed by atoms with Crippen molar-refractivity contribution in [1.82, 2.24) is 0 Å². The number of esters is 1. The average molecular weight is 323 g/mol. The Morgan fingerprint density at radius 1 is 1.11 bits per heavy atom. The second-order valence-electron chi connectivity index (χ2n) is 4.27. The highest BCUT2D eigenvalue weighted by Crippen LogP contribution is 2.28. The van der Waals surface area contributed by atoms with Crippen LogP contribution < -0.4 is 4.74 Å². The molecule has 0 aliphatic carbocycles. The lowest BCUT2D eigenvalue weighted by molar-refractivity contribution is 0.0732. The summed E-state index contributed by atoms with van der Waals surface area (Å²) in [5.74, 6) is -0.335. The quantitative estimate of drug-likeness (QED) is 0.604. The monoisotopic (exact) mass is 322 g/mol. The van der Waals surface area contributed by atoms with Crippen LogP contribution in [0.25, 0.3) is 0 Å². The van der Waals surface area contributed by atoms with Gasteiger partial charge in [0, 0.05) is 4.47 Å². The van der Waals surface area contributed by atoms with Crippen molar-refractivity contribution in [3.8, 4) is 5.75 Å². The summed E-state index contributed by atoms with van der Waals surface area (Å²) in [5, 5.41) is 0. The molecule has 0 atom stereocenters. The third kappa shape index (κ3) is 3.20. The molecule has 0 N–H and O–H groups in total. The van der Waals surface area contributed by atoms with E-state index in [1.54, 1.807) is 0 Å². The third-order valence-corrected chi connectivity index (χ3v) is 3.16. The number of halogens is 2. The molecule has 98 valence electrons. The zero-order valence-electron chi connectivity index (χ0n) is 10.5. The summed E-state index contributed by atoms with van der Waals surface area (Å²) in [4.78, 5) is 12.0. The molecule has 0 bridgehead atoms. The molecule has 0 aromatic heterocycles. The number of rotatable bonds is 2. The molecule has 2 aromatic carbocycles. The van der Waals surface area contributed by atoms with Gasteiger partial charge < -0.3 is 4.74 Å². The number of aryl methyl sites for hydroxylation is 2. The zero-order valence-corrected chi connectivity index (χ0v) is 12.1. The average Bonchev–Trinajstić information content (AvgIpc) is 2.34. The van der Waals surface area contributed by atoms with Crippen LogP contribution in [0.4, 0.5) is 4.39 Å². The Hall–Kier alpha value is -1.68. The largest absolute Gasteiger partial charge is 0.422 e. The highest BCUT2D eigenvalue weighted by Gasteiger charge is 2.13. The van der Waals surface area contributed by atoms with Gasteiger partial charge in [-0.1, -0.05) is 15.9 Å². The van der Waals surface area contributed by atoms with Crippen molar-refractivity contribution in [2.75, 3.05) is 0 Å². The molecule has 2 aromatic rings. The molecule has 19 heavy (non-hydrogen) atoms. The summed E-state index contributed by atoms with van der Waals surface area (Å²) in [6, 6.07) is 9.03. The number of benzene rings is 2. The maximum absolute atomic E-state index is 12.8. The highest BCUT2D eigenvalue weighted by molar-refractivity contribution is 9.10. The van der Waals surface area contributed by atoms with Crippen LogP contribution in [0, 0.1) is 19.7 Å². The Morgan fingerprint density at radius 3 is 2.16 bits per heavy atom. The minimum atomic E-state index is -0.492. The van der Waals surface area contributed by atoms with E-state index in [0.29, 0.717) is 11.3 Å². The first kappa shape index (κ1) is 13.7. The maximum Gasteiger partial charge on any atom is 0.343 e.